The van der Waals surface area contributed by atoms with Crippen LogP contribution in [0.2, 0.25) is 0 Å². The highest BCUT2D eigenvalue weighted by Gasteiger charge is 2.20. The first kappa shape index (κ1) is 13.3. The third kappa shape index (κ3) is 2.15. The lowest BCUT2D eigenvalue weighted by Crippen LogP contribution is -2.34. The second-order valence-corrected chi connectivity index (χ2v) is 5.41. The zero-order valence-corrected chi connectivity index (χ0v) is 11.1. The number of aromatic amines is 2. The highest BCUT2D eigenvalue weighted by molar-refractivity contribution is 7.84. The molecule has 0 saturated heterocycles. The lowest BCUT2D eigenvalue weighted by molar-refractivity contribution is 0.471. The van der Waals surface area contributed by atoms with Gasteiger partial charge in [0.2, 0.25) is 0 Å². The average Bonchev–Trinajstić information content (AvgIpc) is 2.83. The summed E-state index contributed by atoms with van der Waals surface area (Å²) in [6.07, 6.45) is 0. The number of hydrogen-bond donors (Lipinski definition) is 3. The molecule has 0 atom stereocenters. The van der Waals surface area contributed by atoms with Crippen LogP contribution in [-0.2, 0) is 10.3 Å². The van der Waals surface area contributed by atoms with Crippen molar-refractivity contribution >= 4 is 21.5 Å². The van der Waals surface area contributed by atoms with Crippen molar-refractivity contribution in [1.29, 1.82) is 0 Å². The highest BCUT2D eigenvalue weighted by Crippen LogP contribution is 2.17. The van der Waals surface area contributed by atoms with Gasteiger partial charge < -0.3 is 4.98 Å². The standard InChI is InChI=1S/C11H8N4O5S/c16-10-7-9(15(11(17)14-10)21(18,19)20)13-8(12-7)6-4-2-1-3-5-6/h1-5H,(H,12,13)(H,14,16,17)(H,18,19,20). The quantitative estimate of drug-likeness (QED) is 0.557. The van der Waals surface area contributed by atoms with Gasteiger partial charge in [-0.3, -0.25) is 14.3 Å². The Kier molecular flexibility index (Phi) is 2.78. The van der Waals surface area contributed by atoms with E-state index in [1.807, 2.05) is 0 Å². The summed E-state index contributed by atoms with van der Waals surface area (Å²) in [6.45, 7) is 0. The lowest BCUT2D eigenvalue weighted by atomic mass is 10.2. The molecule has 0 saturated carbocycles. The second kappa shape index (κ2) is 4.40. The first-order valence-corrected chi connectivity index (χ1v) is 7.06. The molecule has 0 aliphatic carbocycles. The Morgan fingerprint density at radius 1 is 1.10 bits per heavy atom. The number of H-pyrrole nitrogens is 2. The number of nitrogens with zero attached hydrogens (tertiary/aromatic N) is 2. The molecule has 0 unspecified atom stereocenters. The molecule has 0 spiro atoms. The Bertz CT molecular complexity index is 1050. The van der Waals surface area contributed by atoms with Gasteiger partial charge in [-0.1, -0.05) is 30.3 Å². The average molecular weight is 308 g/mol. The van der Waals surface area contributed by atoms with Gasteiger partial charge in [0.25, 0.3) is 5.56 Å². The molecule has 0 aliphatic heterocycles. The molecule has 2 aromatic heterocycles. The van der Waals surface area contributed by atoms with Crippen LogP contribution in [0, 0.1) is 0 Å². The van der Waals surface area contributed by atoms with E-state index in [1.54, 1.807) is 35.3 Å². The van der Waals surface area contributed by atoms with E-state index in [9.17, 15) is 18.0 Å². The van der Waals surface area contributed by atoms with Gasteiger partial charge in [0, 0.05) is 5.56 Å². The normalized spacial score (nSPS) is 11.9. The minimum atomic E-state index is -4.89. The maximum absolute atomic E-state index is 11.7. The Morgan fingerprint density at radius 3 is 2.38 bits per heavy atom. The largest absolute Gasteiger partial charge is 0.369 e. The van der Waals surface area contributed by atoms with Crippen molar-refractivity contribution in [2.75, 3.05) is 0 Å². The molecule has 3 N–H and O–H groups in total. The van der Waals surface area contributed by atoms with Crippen LogP contribution in [0.3, 0.4) is 0 Å². The van der Waals surface area contributed by atoms with Crippen molar-refractivity contribution in [3.63, 3.8) is 0 Å². The van der Waals surface area contributed by atoms with Gasteiger partial charge in [-0.25, -0.2) is 9.78 Å². The van der Waals surface area contributed by atoms with Crippen LogP contribution < -0.4 is 11.2 Å². The van der Waals surface area contributed by atoms with E-state index in [1.165, 1.54) is 0 Å². The summed E-state index contributed by atoms with van der Waals surface area (Å²) in [5.74, 6) is 0.194. The fraction of sp³-hybridized carbons (Fsp3) is 0. The SMILES string of the molecule is O=c1[nH]c(=O)n(S(=O)(=O)O)c2nc(-c3ccccc3)[nH]c12. The van der Waals surface area contributed by atoms with E-state index in [-0.39, 0.29) is 15.3 Å². The number of hydrogen-bond acceptors (Lipinski definition) is 5. The van der Waals surface area contributed by atoms with Crippen LogP contribution in [-0.4, -0.2) is 31.9 Å². The summed E-state index contributed by atoms with van der Waals surface area (Å²) in [6, 6.07) is 8.59. The molecule has 108 valence electrons. The summed E-state index contributed by atoms with van der Waals surface area (Å²) in [7, 11) is -4.89. The molecular formula is C11H8N4O5S. The van der Waals surface area contributed by atoms with E-state index in [4.69, 9.17) is 4.55 Å². The first-order chi connectivity index (χ1) is 9.88. The smallest absolute Gasteiger partial charge is 0.332 e. The van der Waals surface area contributed by atoms with E-state index < -0.39 is 27.2 Å². The molecule has 3 aromatic rings. The molecule has 0 amide bonds. The van der Waals surface area contributed by atoms with Crippen LogP contribution in [0.15, 0.2) is 39.9 Å². The number of imidazole rings is 1. The van der Waals surface area contributed by atoms with Crippen LogP contribution >= 0.6 is 0 Å². The van der Waals surface area contributed by atoms with Gasteiger partial charge >= 0.3 is 16.0 Å². The maximum atomic E-state index is 11.7. The van der Waals surface area contributed by atoms with E-state index in [2.05, 4.69) is 9.97 Å². The van der Waals surface area contributed by atoms with Crippen LogP contribution in [0.25, 0.3) is 22.6 Å². The fourth-order valence-electron chi connectivity index (χ4n) is 1.92. The molecule has 3 rings (SSSR count). The minimum absolute atomic E-state index is 0.0205. The summed E-state index contributed by atoms with van der Waals surface area (Å²) in [5.41, 5.74) is -2.23. The molecule has 0 radical (unpaired) electrons. The molecule has 9 nitrogen and oxygen atoms in total. The summed E-state index contributed by atoms with van der Waals surface area (Å²) in [5, 5.41) is 0. The molecule has 21 heavy (non-hydrogen) atoms. The van der Waals surface area contributed by atoms with Crippen molar-refractivity contribution in [3.8, 4) is 11.4 Å². The molecular weight excluding hydrogens is 300 g/mol. The van der Waals surface area contributed by atoms with Crippen LogP contribution in [0.1, 0.15) is 0 Å². The maximum Gasteiger partial charge on any atom is 0.369 e. The van der Waals surface area contributed by atoms with Crippen LogP contribution in [0.4, 0.5) is 0 Å². The van der Waals surface area contributed by atoms with Gasteiger partial charge in [-0.15, -0.1) is 3.97 Å². The molecule has 2 heterocycles. The van der Waals surface area contributed by atoms with Crippen molar-refractivity contribution < 1.29 is 13.0 Å². The monoisotopic (exact) mass is 308 g/mol. The van der Waals surface area contributed by atoms with Crippen LogP contribution in [0.5, 0.6) is 0 Å². The fourth-order valence-corrected chi connectivity index (χ4v) is 2.53. The zero-order chi connectivity index (χ0) is 15.2. The topological polar surface area (TPSA) is 138 Å². The van der Waals surface area contributed by atoms with Gasteiger partial charge in [0.1, 0.15) is 5.82 Å². The van der Waals surface area contributed by atoms with Gasteiger partial charge in [0.05, 0.1) is 0 Å². The predicted octanol–water partition coefficient (Wildman–Crippen LogP) is -0.269. The third-order valence-electron chi connectivity index (χ3n) is 2.79. The van der Waals surface area contributed by atoms with Crippen molar-refractivity contribution in [3.05, 3.63) is 51.2 Å². The number of fused-ring (bicyclic) bond motifs is 1. The Balaban J connectivity index is 2.44. The van der Waals surface area contributed by atoms with Gasteiger partial charge in [-0.2, -0.15) is 8.42 Å². The van der Waals surface area contributed by atoms with E-state index >= 15 is 0 Å². The van der Waals surface area contributed by atoms with Gasteiger partial charge in [0.15, 0.2) is 11.2 Å². The summed E-state index contributed by atoms with van der Waals surface area (Å²) < 4.78 is 31.7. The second-order valence-electron chi connectivity index (χ2n) is 4.15. The molecule has 0 aliphatic rings. The van der Waals surface area contributed by atoms with Gasteiger partial charge in [-0.05, 0) is 0 Å². The number of nitrogens with one attached hydrogen (secondary N) is 2. The number of aromatic nitrogens is 4. The van der Waals surface area contributed by atoms with Crippen molar-refractivity contribution in [2.45, 2.75) is 0 Å². The third-order valence-corrected chi connectivity index (χ3v) is 3.59. The lowest BCUT2D eigenvalue weighted by Gasteiger charge is -1.99. The highest BCUT2D eigenvalue weighted by atomic mass is 32.2. The first-order valence-electron chi connectivity index (χ1n) is 5.66. The molecule has 0 fully saturated rings. The zero-order valence-electron chi connectivity index (χ0n) is 10.3. The number of benzene rings is 1. The van der Waals surface area contributed by atoms with E-state index in [0.29, 0.717) is 5.56 Å². The van der Waals surface area contributed by atoms with E-state index in [0.717, 1.165) is 0 Å². The summed E-state index contributed by atoms with van der Waals surface area (Å²) in [4.78, 5) is 31.6. The Morgan fingerprint density at radius 2 is 1.76 bits per heavy atom. The van der Waals surface area contributed by atoms with Crippen molar-refractivity contribution in [2.24, 2.45) is 0 Å². The summed E-state index contributed by atoms with van der Waals surface area (Å²) >= 11 is 0. The Labute approximate surface area is 116 Å². The van der Waals surface area contributed by atoms with Crippen molar-refractivity contribution in [1.82, 2.24) is 18.9 Å². The molecule has 10 heteroatoms. The predicted molar refractivity (Wildman–Crippen MR) is 73.4 cm³/mol. The Hall–Kier alpha value is -2.72. The molecule has 0 bridgehead atoms. The number of rotatable bonds is 2. The minimum Gasteiger partial charge on any atom is -0.332 e. The molecule has 1 aromatic carbocycles.